The van der Waals surface area contributed by atoms with Gasteiger partial charge in [0.2, 0.25) is 0 Å². The van der Waals surface area contributed by atoms with E-state index in [2.05, 4.69) is 56.9 Å². The fraction of sp³-hybridized carbons (Fsp3) is 0.263. The molecule has 2 aromatic carbocycles. The topological polar surface area (TPSA) is 26.0 Å². The predicted octanol–water partition coefficient (Wildman–Crippen LogP) is 4.36. The largest absolute Gasteiger partial charge is 0.399 e. The summed E-state index contributed by atoms with van der Waals surface area (Å²) in [5.74, 6) is 6.32. The lowest BCUT2D eigenvalue weighted by Crippen LogP contribution is -2.14. The molecule has 0 aliphatic rings. The fourth-order valence-electron chi connectivity index (χ4n) is 1.97. The maximum atomic E-state index is 5.74. The van der Waals surface area contributed by atoms with Gasteiger partial charge in [0, 0.05) is 16.8 Å². The molecule has 2 N–H and O–H groups in total. The first-order chi connectivity index (χ1) is 9.51. The number of nitrogens with two attached hydrogens (primary N) is 1. The van der Waals surface area contributed by atoms with Gasteiger partial charge in [-0.2, -0.15) is 0 Å². The van der Waals surface area contributed by atoms with Crippen LogP contribution in [0, 0.1) is 11.8 Å². The number of hydrogen-bond donors (Lipinski definition) is 1. The van der Waals surface area contributed by atoms with Crippen LogP contribution in [0.5, 0.6) is 0 Å². The molecule has 0 radical (unpaired) electrons. The molecular weight excluding hydrogens is 242 g/mol. The first-order valence-electron chi connectivity index (χ1n) is 6.99. The number of nitrogen functional groups attached to an aromatic ring is 1. The highest BCUT2D eigenvalue weighted by molar-refractivity contribution is 5.49. The van der Waals surface area contributed by atoms with E-state index < -0.39 is 0 Å². The van der Waals surface area contributed by atoms with Crippen molar-refractivity contribution in [2.75, 3.05) is 5.73 Å². The van der Waals surface area contributed by atoms with Crippen LogP contribution in [0.1, 0.15) is 43.9 Å². The van der Waals surface area contributed by atoms with Crippen molar-refractivity contribution in [1.29, 1.82) is 0 Å². The van der Waals surface area contributed by atoms with Gasteiger partial charge in [0.25, 0.3) is 0 Å². The molecule has 0 bridgehead atoms. The van der Waals surface area contributed by atoms with Crippen LogP contribution in [-0.4, -0.2) is 0 Å². The molecule has 0 amide bonds. The Bertz CT molecular complexity index is 639. The second-order valence-electron chi connectivity index (χ2n) is 5.69. The summed E-state index contributed by atoms with van der Waals surface area (Å²) in [6.45, 7) is 6.74. The van der Waals surface area contributed by atoms with E-state index in [1.807, 2.05) is 24.3 Å². The van der Waals surface area contributed by atoms with E-state index in [9.17, 15) is 0 Å². The summed E-state index contributed by atoms with van der Waals surface area (Å²) in [6, 6.07) is 16.2. The summed E-state index contributed by atoms with van der Waals surface area (Å²) >= 11 is 0. The van der Waals surface area contributed by atoms with Crippen molar-refractivity contribution in [1.82, 2.24) is 0 Å². The highest BCUT2D eigenvalue weighted by Gasteiger charge is 2.17. The molecule has 1 heteroatoms. The molecule has 20 heavy (non-hydrogen) atoms. The van der Waals surface area contributed by atoms with Gasteiger partial charge in [-0.25, -0.2) is 0 Å². The molecule has 0 heterocycles. The normalized spacial score (nSPS) is 10.8. The average Bonchev–Trinajstić information content (AvgIpc) is 2.46. The third-order valence-corrected chi connectivity index (χ3v) is 3.79. The molecular formula is C19H21N. The van der Waals surface area contributed by atoms with Gasteiger partial charge in [-0.05, 0) is 47.7 Å². The van der Waals surface area contributed by atoms with Gasteiger partial charge >= 0.3 is 0 Å². The van der Waals surface area contributed by atoms with Crippen molar-refractivity contribution in [2.24, 2.45) is 0 Å². The third kappa shape index (κ3) is 3.42. The molecule has 1 nitrogen and oxygen atoms in total. The number of benzene rings is 2. The van der Waals surface area contributed by atoms with Crippen molar-refractivity contribution in [3.05, 3.63) is 65.2 Å². The molecule has 0 fully saturated rings. The van der Waals surface area contributed by atoms with Crippen LogP contribution in [-0.2, 0) is 5.41 Å². The van der Waals surface area contributed by atoms with Crippen molar-refractivity contribution in [2.45, 2.75) is 32.6 Å². The lowest BCUT2D eigenvalue weighted by molar-refractivity contribution is 0.506. The summed E-state index contributed by atoms with van der Waals surface area (Å²) in [4.78, 5) is 0. The maximum absolute atomic E-state index is 5.74. The second kappa shape index (κ2) is 5.84. The van der Waals surface area contributed by atoms with Gasteiger partial charge in [-0.3, -0.25) is 0 Å². The van der Waals surface area contributed by atoms with Crippen LogP contribution in [0.3, 0.4) is 0 Å². The Labute approximate surface area is 121 Å². The summed E-state index contributed by atoms with van der Waals surface area (Å²) in [5, 5.41) is 0. The molecule has 102 valence electrons. The van der Waals surface area contributed by atoms with Crippen LogP contribution in [0.2, 0.25) is 0 Å². The van der Waals surface area contributed by atoms with Crippen LogP contribution in [0.25, 0.3) is 0 Å². The molecule has 0 spiro atoms. The summed E-state index contributed by atoms with van der Waals surface area (Å²) in [7, 11) is 0. The van der Waals surface area contributed by atoms with E-state index in [1.54, 1.807) is 0 Å². The number of rotatable bonds is 2. The standard InChI is InChI=1S/C19H21N/c1-4-19(2,3)17-12-10-15(11-13-17)8-9-16-6-5-7-18(20)14-16/h5-7,10-14H,4,20H2,1-3H3. The Morgan fingerprint density at radius 1 is 0.950 bits per heavy atom. The Morgan fingerprint density at radius 2 is 1.60 bits per heavy atom. The van der Waals surface area contributed by atoms with Crippen LogP contribution in [0.4, 0.5) is 5.69 Å². The van der Waals surface area contributed by atoms with Crippen LogP contribution >= 0.6 is 0 Å². The monoisotopic (exact) mass is 263 g/mol. The van der Waals surface area contributed by atoms with Crippen LogP contribution < -0.4 is 5.73 Å². The Kier molecular flexibility index (Phi) is 4.15. The fourth-order valence-corrected chi connectivity index (χ4v) is 1.97. The molecule has 0 atom stereocenters. The van der Waals surface area contributed by atoms with Gasteiger partial charge in [-0.15, -0.1) is 0 Å². The Morgan fingerprint density at radius 3 is 2.20 bits per heavy atom. The third-order valence-electron chi connectivity index (χ3n) is 3.79. The molecule has 0 saturated carbocycles. The van der Waals surface area contributed by atoms with E-state index in [0.29, 0.717) is 0 Å². The Hall–Kier alpha value is -2.20. The zero-order valence-corrected chi connectivity index (χ0v) is 12.4. The first kappa shape index (κ1) is 14.2. The molecule has 0 aromatic heterocycles. The lowest BCUT2D eigenvalue weighted by atomic mass is 9.82. The molecule has 0 aliphatic heterocycles. The highest BCUT2D eigenvalue weighted by Crippen LogP contribution is 2.26. The maximum Gasteiger partial charge on any atom is 0.0326 e. The number of anilines is 1. The zero-order valence-electron chi connectivity index (χ0n) is 12.4. The zero-order chi connectivity index (χ0) is 14.6. The quantitative estimate of drug-likeness (QED) is 0.632. The SMILES string of the molecule is CCC(C)(C)c1ccc(C#Cc2cccc(N)c2)cc1. The van der Waals surface area contributed by atoms with E-state index in [-0.39, 0.29) is 5.41 Å². The van der Waals surface area contributed by atoms with Crippen LogP contribution in [0.15, 0.2) is 48.5 Å². The van der Waals surface area contributed by atoms with Gasteiger partial charge in [0.1, 0.15) is 0 Å². The minimum Gasteiger partial charge on any atom is -0.399 e. The molecule has 2 aromatic rings. The van der Waals surface area contributed by atoms with E-state index in [4.69, 9.17) is 5.73 Å². The van der Waals surface area contributed by atoms with Gasteiger partial charge in [0.05, 0.1) is 0 Å². The van der Waals surface area contributed by atoms with Crippen molar-refractivity contribution in [3.8, 4) is 11.8 Å². The van der Waals surface area contributed by atoms with Crippen molar-refractivity contribution >= 4 is 5.69 Å². The molecule has 0 saturated heterocycles. The van der Waals surface area contributed by atoms with Gasteiger partial charge in [0.15, 0.2) is 0 Å². The summed E-state index contributed by atoms with van der Waals surface area (Å²) < 4.78 is 0. The molecule has 0 aliphatic carbocycles. The molecule has 2 rings (SSSR count). The van der Waals surface area contributed by atoms with E-state index in [1.165, 1.54) is 5.56 Å². The summed E-state index contributed by atoms with van der Waals surface area (Å²) in [5.41, 5.74) is 10.0. The van der Waals surface area contributed by atoms with Crippen molar-refractivity contribution < 1.29 is 0 Å². The smallest absolute Gasteiger partial charge is 0.0326 e. The minimum absolute atomic E-state index is 0.222. The predicted molar refractivity (Wildman–Crippen MR) is 86.6 cm³/mol. The summed E-state index contributed by atoms with van der Waals surface area (Å²) in [6.07, 6.45) is 1.13. The van der Waals surface area contributed by atoms with E-state index >= 15 is 0 Å². The molecule has 0 unspecified atom stereocenters. The second-order valence-corrected chi connectivity index (χ2v) is 5.69. The first-order valence-corrected chi connectivity index (χ1v) is 6.99. The minimum atomic E-state index is 0.222. The highest BCUT2D eigenvalue weighted by atomic mass is 14.5. The number of hydrogen-bond acceptors (Lipinski definition) is 1. The van der Waals surface area contributed by atoms with Crippen molar-refractivity contribution in [3.63, 3.8) is 0 Å². The lowest BCUT2D eigenvalue weighted by Gasteiger charge is -2.23. The average molecular weight is 263 g/mol. The van der Waals surface area contributed by atoms with E-state index in [0.717, 1.165) is 23.2 Å². The Balaban J connectivity index is 2.20. The van der Waals surface area contributed by atoms with Gasteiger partial charge < -0.3 is 5.73 Å². The van der Waals surface area contributed by atoms with Gasteiger partial charge in [-0.1, -0.05) is 50.8 Å².